The number of amides is 1. The number of ether oxygens (including phenoxy) is 1. The zero-order valence-corrected chi connectivity index (χ0v) is 14.5. The Kier molecular flexibility index (Phi) is 6.48. The Morgan fingerprint density at radius 1 is 1.42 bits per heavy atom. The van der Waals surface area contributed by atoms with Crippen LogP contribution in [0.25, 0.3) is 6.08 Å². The summed E-state index contributed by atoms with van der Waals surface area (Å²) in [4.78, 5) is 11.9. The molecule has 1 heterocycles. The van der Waals surface area contributed by atoms with Crippen molar-refractivity contribution in [3.05, 3.63) is 52.3 Å². The van der Waals surface area contributed by atoms with Crippen LogP contribution in [0.1, 0.15) is 18.2 Å². The number of aromatic nitrogens is 2. The second-order valence-corrected chi connectivity index (χ2v) is 5.61. The summed E-state index contributed by atoms with van der Waals surface area (Å²) < 4.78 is 31.0. The number of nitrogens with zero attached hydrogens (tertiary/aromatic N) is 2. The fraction of sp³-hybridized carbons (Fsp3) is 0.250. The van der Waals surface area contributed by atoms with E-state index in [1.54, 1.807) is 29.1 Å². The Morgan fingerprint density at radius 2 is 2.12 bits per heavy atom. The van der Waals surface area contributed by atoms with Gasteiger partial charge in [-0.25, -0.2) is 0 Å². The number of hydrogen-bond donors (Lipinski definition) is 1. The Hall–Kier alpha value is -2.22. The maximum atomic E-state index is 12.1. The van der Waals surface area contributed by atoms with Gasteiger partial charge in [-0.3, -0.25) is 9.48 Å². The van der Waals surface area contributed by atoms with Gasteiger partial charge < -0.3 is 10.1 Å². The van der Waals surface area contributed by atoms with Crippen LogP contribution in [-0.2, 0) is 17.9 Å². The summed E-state index contributed by atoms with van der Waals surface area (Å²) in [5.74, 6) is -0.192. The van der Waals surface area contributed by atoms with Crippen LogP contribution >= 0.6 is 15.9 Å². The van der Waals surface area contributed by atoms with E-state index in [-0.39, 0.29) is 11.7 Å². The van der Waals surface area contributed by atoms with Crippen molar-refractivity contribution in [1.29, 1.82) is 0 Å². The molecule has 1 amide bonds. The van der Waals surface area contributed by atoms with Crippen molar-refractivity contribution >= 4 is 27.9 Å². The molecule has 0 saturated carbocycles. The Morgan fingerprint density at radius 3 is 2.75 bits per heavy atom. The molecule has 0 spiro atoms. The van der Waals surface area contributed by atoms with E-state index in [0.717, 1.165) is 10.2 Å². The van der Waals surface area contributed by atoms with Crippen molar-refractivity contribution in [3.63, 3.8) is 0 Å². The summed E-state index contributed by atoms with van der Waals surface area (Å²) in [6.45, 7) is 0.165. The summed E-state index contributed by atoms with van der Waals surface area (Å²) in [5, 5.41) is 6.94. The van der Waals surface area contributed by atoms with Crippen LogP contribution in [0.2, 0.25) is 0 Å². The molecular weight excluding hydrogens is 384 g/mol. The van der Waals surface area contributed by atoms with E-state index in [1.165, 1.54) is 18.2 Å². The average Bonchev–Trinajstić information content (AvgIpc) is 2.91. The van der Waals surface area contributed by atoms with Crippen LogP contribution in [-0.4, -0.2) is 22.3 Å². The van der Waals surface area contributed by atoms with Crippen LogP contribution < -0.4 is 10.1 Å². The molecule has 1 aromatic carbocycles. The van der Waals surface area contributed by atoms with Gasteiger partial charge >= 0.3 is 6.61 Å². The van der Waals surface area contributed by atoms with Gasteiger partial charge in [0.05, 0.1) is 22.9 Å². The molecule has 8 heteroatoms. The molecule has 1 aromatic heterocycles. The zero-order chi connectivity index (χ0) is 17.5. The van der Waals surface area contributed by atoms with Gasteiger partial charge in [0.2, 0.25) is 5.91 Å². The maximum absolute atomic E-state index is 12.1. The predicted octanol–water partition coefficient (Wildman–Crippen LogP) is 3.60. The van der Waals surface area contributed by atoms with Gasteiger partial charge in [0.15, 0.2) is 0 Å². The number of aryl methyl sites for hydroxylation is 1. The quantitative estimate of drug-likeness (QED) is 0.723. The summed E-state index contributed by atoms with van der Waals surface area (Å²) in [5.41, 5.74) is 1.58. The van der Waals surface area contributed by atoms with Crippen LogP contribution in [0.15, 0.2) is 41.0 Å². The second kappa shape index (κ2) is 8.58. The number of rotatable bonds is 7. The van der Waals surface area contributed by atoms with Gasteiger partial charge in [-0.2, -0.15) is 13.9 Å². The standard InChI is InChI=1S/C16H16BrF2N3O2/c1-2-22-14(13(17)9-21-22)10-20-15(23)8-5-11-3-6-12(7-4-11)24-16(18)19/h3-9,16H,2,10H2,1H3,(H,20,23)/b8-5-. The fourth-order valence-electron chi connectivity index (χ4n) is 2.00. The van der Waals surface area contributed by atoms with Gasteiger partial charge in [0.1, 0.15) is 5.75 Å². The minimum Gasteiger partial charge on any atom is -0.435 e. The number of carbonyl (C=O) groups is 1. The molecule has 0 aliphatic heterocycles. The molecule has 128 valence electrons. The lowest BCUT2D eigenvalue weighted by Gasteiger charge is -2.06. The third kappa shape index (κ3) is 5.16. The SMILES string of the molecule is CCn1ncc(Br)c1CNC(=O)/C=C\c1ccc(OC(F)F)cc1. The van der Waals surface area contributed by atoms with Crippen LogP contribution in [0.5, 0.6) is 5.75 Å². The van der Waals surface area contributed by atoms with Crippen molar-refractivity contribution in [3.8, 4) is 5.75 Å². The third-order valence-electron chi connectivity index (χ3n) is 3.16. The van der Waals surface area contributed by atoms with E-state index in [2.05, 4.69) is 31.1 Å². The number of benzene rings is 1. The lowest BCUT2D eigenvalue weighted by Crippen LogP contribution is -2.22. The lowest BCUT2D eigenvalue weighted by molar-refractivity contribution is -0.116. The maximum Gasteiger partial charge on any atom is 0.387 e. The monoisotopic (exact) mass is 399 g/mol. The first-order chi connectivity index (χ1) is 11.5. The highest BCUT2D eigenvalue weighted by atomic mass is 79.9. The largest absolute Gasteiger partial charge is 0.435 e. The summed E-state index contributed by atoms with van der Waals surface area (Å²) in [6.07, 6.45) is 4.65. The van der Waals surface area contributed by atoms with E-state index >= 15 is 0 Å². The number of hydrogen-bond acceptors (Lipinski definition) is 3. The molecule has 0 bridgehead atoms. The molecule has 2 aromatic rings. The van der Waals surface area contributed by atoms with Gasteiger partial charge in [0, 0.05) is 12.6 Å². The summed E-state index contributed by atoms with van der Waals surface area (Å²) in [6, 6.07) is 6.01. The second-order valence-electron chi connectivity index (χ2n) is 4.75. The molecule has 5 nitrogen and oxygen atoms in total. The highest BCUT2D eigenvalue weighted by Crippen LogP contribution is 2.16. The van der Waals surface area contributed by atoms with Crippen molar-refractivity contribution in [1.82, 2.24) is 15.1 Å². The number of carbonyl (C=O) groups excluding carboxylic acids is 1. The third-order valence-corrected chi connectivity index (χ3v) is 3.82. The van der Waals surface area contributed by atoms with Crippen molar-refractivity contribution in [2.45, 2.75) is 26.6 Å². The van der Waals surface area contributed by atoms with Gasteiger partial charge in [-0.05, 0) is 46.6 Å². The van der Waals surface area contributed by atoms with Crippen LogP contribution in [0.4, 0.5) is 8.78 Å². The highest BCUT2D eigenvalue weighted by Gasteiger charge is 2.08. The summed E-state index contributed by atoms with van der Waals surface area (Å²) >= 11 is 3.39. The highest BCUT2D eigenvalue weighted by molar-refractivity contribution is 9.10. The van der Waals surface area contributed by atoms with Gasteiger partial charge in [0.25, 0.3) is 0 Å². The van der Waals surface area contributed by atoms with Crippen molar-refractivity contribution < 1.29 is 18.3 Å². The number of halogens is 3. The Bertz CT molecular complexity index is 715. The average molecular weight is 400 g/mol. The predicted molar refractivity (Wildman–Crippen MR) is 89.6 cm³/mol. The van der Waals surface area contributed by atoms with E-state index in [4.69, 9.17) is 0 Å². The molecule has 0 unspecified atom stereocenters. The van der Waals surface area contributed by atoms with E-state index in [0.29, 0.717) is 18.7 Å². The van der Waals surface area contributed by atoms with E-state index in [9.17, 15) is 13.6 Å². The van der Waals surface area contributed by atoms with E-state index in [1.807, 2.05) is 6.92 Å². The fourth-order valence-corrected chi connectivity index (χ4v) is 2.43. The first-order valence-corrected chi connectivity index (χ1v) is 8.00. The lowest BCUT2D eigenvalue weighted by atomic mass is 10.2. The van der Waals surface area contributed by atoms with Crippen molar-refractivity contribution in [2.24, 2.45) is 0 Å². The van der Waals surface area contributed by atoms with Gasteiger partial charge in [-0.1, -0.05) is 12.1 Å². The minimum atomic E-state index is -2.85. The first kappa shape index (κ1) is 18.1. The number of alkyl halides is 2. The molecule has 0 atom stereocenters. The molecule has 0 radical (unpaired) electrons. The van der Waals surface area contributed by atoms with Crippen molar-refractivity contribution in [2.75, 3.05) is 0 Å². The first-order valence-electron chi connectivity index (χ1n) is 7.20. The molecule has 0 fully saturated rings. The smallest absolute Gasteiger partial charge is 0.387 e. The van der Waals surface area contributed by atoms with E-state index < -0.39 is 6.61 Å². The molecule has 0 saturated heterocycles. The molecule has 2 rings (SSSR count). The number of nitrogens with one attached hydrogen (secondary N) is 1. The molecular formula is C16H16BrF2N3O2. The molecule has 1 N–H and O–H groups in total. The Labute approximate surface area is 146 Å². The van der Waals surface area contributed by atoms with Crippen LogP contribution in [0.3, 0.4) is 0 Å². The topological polar surface area (TPSA) is 56.2 Å². The van der Waals surface area contributed by atoms with Gasteiger partial charge in [-0.15, -0.1) is 0 Å². The zero-order valence-electron chi connectivity index (χ0n) is 12.9. The molecule has 0 aliphatic carbocycles. The molecule has 0 aliphatic rings. The Balaban J connectivity index is 1.89. The molecule has 24 heavy (non-hydrogen) atoms. The summed E-state index contributed by atoms with van der Waals surface area (Å²) in [7, 11) is 0. The minimum absolute atomic E-state index is 0.0734. The van der Waals surface area contributed by atoms with Crippen LogP contribution in [0, 0.1) is 0 Å². The normalized spacial score (nSPS) is 11.2.